The summed E-state index contributed by atoms with van der Waals surface area (Å²) in [6.07, 6.45) is 4.53. The van der Waals surface area contributed by atoms with E-state index < -0.39 is 0 Å². The van der Waals surface area contributed by atoms with Gasteiger partial charge >= 0.3 is 0 Å². The summed E-state index contributed by atoms with van der Waals surface area (Å²) >= 11 is 0. The number of hydrogen-bond donors (Lipinski definition) is 0. The molecule has 0 heterocycles. The lowest BCUT2D eigenvalue weighted by atomic mass is 9.98. The molecule has 1 aromatic carbocycles. The van der Waals surface area contributed by atoms with Gasteiger partial charge in [0.05, 0.1) is 12.5 Å². The third-order valence-electron chi connectivity index (χ3n) is 3.14. The molecule has 2 nitrogen and oxygen atoms in total. The van der Waals surface area contributed by atoms with Crippen molar-refractivity contribution in [3.05, 3.63) is 47.5 Å². The molecule has 0 saturated heterocycles. The molecule has 0 bridgehead atoms. The maximum atomic E-state index is 8.78. The standard InChI is InChI=1S/C20H26N2/c1-5-22(15-8-6-7-13-20(2,3)4)17-19-11-9-10-18(16-19)12-14-21/h6,8-11,16H,5,12,15,17H2,1-4H3. The van der Waals surface area contributed by atoms with Crippen molar-refractivity contribution < 1.29 is 0 Å². The quantitative estimate of drug-likeness (QED) is 0.736. The molecule has 0 spiro atoms. The van der Waals surface area contributed by atoms with Crippen molar-refractivity contribution in [3.63, 3.8) is 0 Å². The lowest BCUT2D eigenvalue weighted by Gasteiger charge is -2.18. The van der Waals surface area contributed by atoms with Gasteiger partial charge in [0.1, 0.15) is 0 Å². The lowest BCUT2D eigenvalue weighted by molar-refractivity contribution is 0.311. The van der Waals surface area contributed by atoms with Gasteiger partial charge in [0.2, 0.25) is 0 Å². The van der Waals surface area contributed by atoms with Crippen LogP contribution in [0, 0.1) is 28.6 Å². The number of likely N-dealkylation sites (N-methyl/N-ethyl adjacent to an activating group) is 1. The van der Waals surface area contributed by atoms with Crippen molar-refractivity contribution in [2.75, 3.05) is 13.1 Å². The van der Waals surface area contributed by atoms with Gasteiger partial charge < -0.3 is 0 Å². The minimum Gasteiger partial charge on any atom is -0.296 e. The van der Waals surface area contributed by atoms with Crippen LogP contribution >= 0.6 is 0 Å². The van der Waals surface area contributed by atoms with E-state index in [2.05, 4.69) is 68.7 Å². The van der Waals surface area contributed by atoms with E-state index in [4.69, 9.17) is 5.26 Å². The van der Waals surface area contributed by atoms with Crippen molar-refractivity contribution in [1.29, 1.82) is 5.26 Å². The van der Waals surface area contributed by atoms with Crippen molar-refractivity contribution in [2.24, 2.45) is 5.41 Å². The monoisotopic (exact) mass is 294 g/mol. The second kappa shape index (κ2) is 9.08. The van der Waals surface area contributed by atoms with Gasteiger partial charge in [-0.1, -0.05) is 49.1 Å². The molecule has 0 aliphatic heterocycles. The zero-order valence-electron chi connectivity index (χ0n) is 14.2. The topological polar surface area (TPSA) is 27.0 Å². The molecule has 0 aliphatic carbocycles. The number of allylic oxidation sites excluding steroid dienone is 1. The van der Waals surface area contributed by atoms with Crippen LogP contribution in [-0.4, -0.2) is 18.0 Å². The molecule has 22 heavy (non-hydrogen) atoms. The number of rotatable bonds is 6. The van der Waals surface area contributed by atoms with Crippen LogP contribution in [0.15, 0.2) is 36.4 Å². The highest BCUT2D eigenvalue weighted by atomic mass is 15.1. The summed E-state index contributed by atoms with van der Waals surface area (Å²) < 4.78 is 0. The molecule has 0 radical (unpaired) electrons. The van der Waals surface area contributed by atoms with Gasteiger partial charge in [-0.15, -0.1) is 0 Å². The third kappa shape index (κ3) is 7.67. The van der Waals surface area contributed by atoms with Crippen molar-refractivity contribution >= 4 is 0 Å². The van der Waals surface area contributed by atoms with Crippen LogP contribution in [0.25, 0.3) is 0 Å². The zero-order chi connectivity index (χ0) is 16.4. The Bertz CT molecular complexity index is 589. The normalized spacial score (nSPS) is 11.3. The van der Waals surface area contributed by atoms with E-state index in [9.17, 15) is 0 Å². The van der Waals surface area contributed by atoms with Gasteiger partial charge in [0.15, 0.2) is 0 Å². The first-order chi connectivity index (χ1) is 10.4. The summed E-state index contributed by atoms with van der Waals surface area (Å²) in [5.74, 6) is 6.30. The highest BCUT2D eigenvalue weighted by Gasteiger charge is 2.03. The van der Waals surface area contributed by atoms with Crippen LogP contribution in [0.3, 0.4) is 0 Å². The molecule has 0 N–H and O–H groups in total. The smallest absolute Gasteiger partial charge is 0.0669 e. The average Bonchev–Trinajstić information content (AvgIpc) is 2.45. The summed E-state index contributed by atoms with van der Waals surface area (Å²) in [4.78, 5) is 2.35. The minimum atomic E-state index is 0.0516. The van der Waals surface area contributed by atoms with Crippen LogP contribution in [0.5, 0.6) is 0 Å². The Morgan fingerprint density at radius 3 is 2.59 bits per heavy atom. The highest BCUT2D eigenvalue weighted by Crippen LogP contribution is 2.10. The maximum Gasteiger partial charge on any atom is 0.0669 e. The van der Waals surface area contributed by atoms with Gasteiger partial charge in [-0.3, -0.25) is 4.90 Å². The molecule has 1 aromatic rings. The fourth-order valence-electron chi connectivity index (χ4n) is 2.01. The fourth-order valence-corrected chi connectivity index (χ4v) is 2.01. The van der Waals surface area contributed by atoms with Crippen LogP contribution < -0.4 is 0 Å². The Hall–Kier alpha value is -2.03. The molecular formula is C20H26N2. The number of benzene rings is 1. The Morgan fingerprint density at radius 1 is 1.23 bits per heavy atom. The molecular weight excluding hydrogens is 268 g/mol. The molecule has 0 amide bonds. The molecule has 1 rings (SSSR count). The van der Waals surface area contributed by atoms with E-state index >= 15 is 0 Å². The highest BCUT2D eigenvalue weighted by molar-refractivity contribution is 5.25. The molecule has 0 aliphatic rings. The van der Waals surface area contributed by atoms with Crippen molar-refractivity contribution in [2.45, 2.75) is 40.7 Å². The summed E-state index contributed by atoms with van der Waals surface area (Å²) in [5.41, 5.74) is 2.39. The van der Waals surface area contributed by atoms with Crippen LogP contribution in [0.4, 0.5) is 0 Å². The minimum absolute atomic E-state index is 0.0516. The van der Waals surface area contributed by atoms with Gasteiger partial charge in [-0.05, 0) is 44.5 Å². The lowest BCUT2D eigenvalue weighted by Crippen LogP contribution is -2.22. The SMILES string of the molecule is CCN(CC=CC#CC(C)(C)C)Cc1cccc(CC#N)c1. The van der Waals surface area contributed by atoms with Gasteiger partial charge in [-0.25, -0.2) is 0 Å². The number of nitrogens with zero attached hydrogens (tertiary/aromatic N) is 2. The molecule has 0 saturated carbocycles. The zero-order valence-corrected chi connectivity index (χ0v) is 14.2. The molecule has 0 aromatic heterocycles. The van der Waals surface area contributed by atoms with Crippen LogP contribution in [0.1, 0.15) is 38.8 Å². The predicted molar refractivity (Wildman–Crippen MR) is 93.1 cm³/mol. The van der Waals surface area contributed by atoms with E-state index in [0.29, 0.717) is 6.42 Å². The molecule has 2 heteroatoms. The first-order valence-electron chi connectivity index (χ1n) is 7.79. The summed E-state index contributed by atoms with van der Waals surface area (Å²) in [7, 11) is 0. The van der Waals surface area contributed by atoms with E-state index in [0.717, 1.165) is 25.2 Å². The van der Waals surface area contributed by atoms with E-state index in [1.807, 2.05) is 18.2 Å². The Labute approximate surface area is 135 Å². The van der Waals surface area contributed by atoms with Crippen LogP contribution in [0.2, 0.25) is 0 Å². The molecule has 0 atom stereocenters. The fraction of sp³-hybridized carbons (Fsp3) is 0.450. The van der Waals surface area contributed by atoms with E-state index in [-0.39, 0.29) is 5.41 Å². The first-order valence-corrected chi connectivity index (χ1v) is 7.79. The average molecular weight is 294 g/mol. The summed E-state index contributed by atoms with van der Waals surface area (Å²) in [6.45, 7) is 11.3. The second-order valence-electron chi connectivity index (χ2n) is 6.40. The van der Waals surface area contributed by atoms with Crippen molar-refractivity contribution in [1.82, 2.24) is 4.90 Å². The van der Waals surface area contributed by atoms with Gasteiger partial charge in [0, 0.05) is 18.5 Å². The Balaban J connectivity index is 2.58. The Morgan fingerprint density at radius 2 is 1.95 bits per heavy atom. The third-order valence-corrected chi connectivity index (χ3v) is 3.14. The number of hydrogen-bond acceptors (Lipinski definition) is 2. The van der Waals surface area contributed by atoms with Crippen molar-refractivity contribution in [3.8, 4) is 17.9 Å². The molecule has 116 valence electrons. The summed E-state index contributed by atoms with van der Waals surface area (Å²) in [5, 5.41) is 8.78. The summed E-state index contributed by atoms with van der Waals surface area (Å²) in [6, 6.07) is 10.5. The Kier molecular flexibility index (Phi) is 7.44. The molecule has 0 fully saturated rings. The van der Waals surface area contributed by atoms with Gasteiger partial charge in [-0.2, -0.15) is 5.26 Å². The van der Waals surface area contributed by atoms with Crippen LogP contribution in [-0.2, 0) is 13.0 Å². The maximum absolute atomic E-state index is 8.78. The first kappa shape index (κ1) is 18.0. The predicted octanol–water partition coefficient (Wildman–Crippen LogP) is 4.18. The van der Waals surface area contributed by atoms with E-state index in [1.54, 1.807) is 0 Å². The second-order valence-corrected chi connectivity index (χ2v) is 6.40. The van der Waals surface area contributed by atoms with Gasteiger partial charge in [0.25, 0.3) is 0 Å². The largest absolute Gasteiger partial charge is 0.296 e. The number of nitriles is 1. The van der Waals surface area contributed by atoms with E-state index in [1.165, 1.54) is 5.56 Å². The molecule has 0 unspecified atom stereocenters.